The van der Waals surface area contributed by atoms with Crippen LogP contribution in [0.3, 0.4) is 0 Å². The third kappa shape index (κ3) is 2.47. The fourth-order valence-corrected chi connectivity index (χ4v) is 3.00. The van der Waals surface area contributed by atoms with Gasteiger partial charge in [-0.1, -0.05) is 0 Å². The normalized spacial score (nSPS) is 11.3. The Labute approximate surface area is 111 Å². The van der Waals surface area contributed by atoms with Crippen molar-refractivity contribution in [2.45, 2.75) is 33.2 Å². The molecule has 98 valence electrons. The van der Waals surface area contributed by atoms with Crippen LogP contribution in [0.2, 0.25) is 0 Å². The molecule has 0 bridgehead atoms. The molecule has 5 heteroatoms. The van der Waals surface area contributed by atoms with E-state index in [1.54, 1.807) is 22.2 Å². The van der Waals surface area contributed by atoms with Crippen molar-refractivity contribution in [1.82, 2.24) is 14.9 Å². The van der Waals surface area contributed by atoms with Gasteiger partial charge in [0.15, 0.2) is 0 Å². The van der Waals surface area contributed by atoms with E-state index >= 15 is 0 Å². The number of unbranched alkanes of at least 4 members (excludes halogenated alkanes) is 1. The summed E-state index contributed by atoms with van der Waals surface area (Å²) in [7, 11) is 1.94. The Morgan fingerprint density at radius 1 is 1.39 bits per heavy atom. The van der Waals surface area contributed by atoms with Gasteiger partial charge in [0.25, 0.3) is 5.56 Å². The van der Waals surface area contributed by atoms with Crippen LogP contribution in [-0.4, -0.2) is 23.1 Å². The number of nitrogens with zero attached hydrogens (tertiary/aromatic N) is 2. The van der Waals surface area contributed by atoms with Gasteiger partial charge < -0.3 is 5.32 Å². The number of rotatable bonds is 5. The van der Waals surface area contributed by atoms with E-state index in [0.717, 1.165) is 41.7 Å². The van der Waals surface area contributed by atoms with Crippen LogP contribution in [0.5, 0.6) is 0 Å². The maximum Gasteiger partial charge on any atom is 0.262 e. The molecule has 0 aliphatic heterocycles. The van der Waals surface area contributed by atoms with Gasteiger partial charge in [0.05, 0.1) is 11.7 Å². The molecule has 0 fully saturated rings. The Hall–Kier alpha value is -1.20. The Bertz CT molecular complexity index is 600. The third-order valence-electron chi connectivity index (χ3n) is 3.23. The monoisotopic (exact) mass is 265 g/mol. The summed E-state index contributed by atoms with van der Waals surface area (Å²) < 4.78 is 1.73. The number of nitrogens with one attached hydrogen (secondary N) is 1. The molecule has 0 spiro atoms. The highest BCUT2D eigenvalue weighted by molar-refractivity contribution is 7.18. The Morgan fingerprint density at radius 2 is 2.17 bits per heavy atom. The van der Waals surface area contributed by atoms with Gasteiger partial charge in [-0.3, -0.25) is 9.36 Å². The molecule has 0 unspecified atom stereocenters. The van der Waals surface area contributed by atoms with Gasteiger partial charge in [-0.25, -0.2) is 4.98 Å². The smallest absolute Gasteiger partial charge is 0.262 e. The van der Waals surface area contributed by atoms with Crippen LogP contribution in [0, 0.1) is 13.8 Å². The Morgan fingerprint density at radius 3 is 2.89 bits per heavy atom. The quantitative estimate of drug-likeness (QED) is 0.842. The van der Waals surface area contributed by atoms with Crippen LogP contribution in [0.4, 0.5) is 0 Å². The summed E-state index contributed by atoms with van der Waals surface area (Å²) in [5.74, 6) is 0. The standard InChI is InChI=1S/C13H19N3OS/c1-9-10(2)18-12-11(9)13(17)16(8-15-12)7-5-4-6-14-3/h8,14H,4-7H2,1-3H3. The first-order valence-electron chi connectivity index (χ1n) is 6.25. The molecular weight excluding hydrogens is 246 g/mol. The van der Waals surface area contributed by atoms with Crippen molar-refractivity contribution in [1.29, 1.82) is 0 Å². The zero-order valence-electron chi connectivity index (χ0n) is 11.1. The van der Waals surface area contributed by atoms with Gasteiger partial charge in [-0.15, -0.1) is 11.3 Å². The van der Waals surface area contributed by atoms with Crippen molar-refractivity contribution < 1.29 is 0 Å². The summed E-state index contributed by atoms with van der Waals surface area (Å²) in [4.78, 5) is 18.8. The summed E-state index contributed by atoms with van der Waals surface area (Å²) in [6.07, 6.45) is 3.75. The lowest BCUT2D eigenvalue weighted by atomic mass is 10.2. The average Bonchev–Trinajstić information content (AvgIpc) is 2.64. The van der Waals surface area contributed by atoms with Crippen molar-refractivity contribution in [3.63, 3.8) is 0 Å². The number of thiophene rings is 1. The van der Waals surface area contributed by atoms with Crippen molar-refractivity contribution in [3.8, 4) is 0 Å². The molecule has 0 atom stereocenters. The lowest BCUT2D eigenvalue weighted by molar-refractivity contribution is 0.575. The van der Waals surface area contributed by atoms with E-state index in [0.29, 0.717) is 0 Å². The first kappa shape index (κ1) is 13.2. The lowest BCUT2D eigenvalue weighted by Gasteiger charge is -2.05. The molecule has 18 heavy (non-hydrogen) atoms. The predicted molar refractivity (Wildman–Crippen MR) is 76.5 cm³/mol. The predicted octanol–water partition coefficient (Wildman–Crippen LogP) is 2.07. The fraction of sp³-hybridized carbons (Fsp3) is 0.538. The largest absolute Gasteiger partial charge is 0.320 e. The number of fused-ring (bicyclic) bond motifs is 1. The average molecular weight is 265 g/mol. The molecule has 2 aromatic heterocycles. The van der Waals surface area contributed by atoms with Crippen LogP contribution in [0.15, 0.2) is 11.1 Å². The molecule has 0 saturated carbocycles. The van der Waals surface area contributed by atoms with E-state index < -0.39 is 0 Å². The lowest BCUT2D eigenvalue weighted by Crippen LogP contribution is -2.21. The topological polar surface area (TPSA) is 46.9 Å². The number of hydrogen-bond acceptors (Lipinski definition) is 4. The van der Waals surface area contributed by atoms with Gasteiger partial charge in [-0.05, 0) is 45.8 Å². The molecule has 0 aliphatic rings. The molecule has 0 amide bonds. The molecule has 0 aromatic carbocycles. The van der Waals surface area contributed by atoms with E-state index in [-0.39, 0.29) is 5.56 Å². The summed E-state index contributed by atoms with van der Waals surface area (Å²) >= 11 is 1.60. The minimum atomic E-state index is 0.103. The van der Waals surface area contributed by atoms with Crippen LogP contribution >= 0.6 is 11.3 Å². The second-order valence-corrected chi connectivity index (χ2v) is 5.72. The first-order valence-corrected chi connectivity index (χ1v) is 7.06. The van der Waals surface area contributed by atoms with E-state index in [1.165, 1.54) is 4.88 Å². The Balaban J connectivity index is 2.27. The van der Waals surface area contributed by atoms with E-state index in [9.17, 15) is 4.79 Å². The molecule has 0 saturated heterocycles. The molecule has 2 aromatic rings. The second kappa shape index (κ2) is 5.63. The van der Waals surface area contributed by atoms with Crippen molar-refractivity contribution in [3.05, 3.63) is 27.1 Å². The first-order chi connectivity index (χ1) is 8.65. The van der Waals surface area contributed by atoms with Gasteiger partial charge in [0.1, 0.15) is 4.83 Å². The summed E-state index contributed by atoms with van der Waals surface area (Å²) in [5.41, 5.74) is 1.18. The van der Waals surface area contributed by atoms with Crippen molar-refractivity contribution >= 4 is 21.6 Å². The van der Waals surface area contributed by atoms with Crippen LogP contribution in [0.25, 0.3) is 10.2 Å². The number of aryl methyl sites for hydroxylation is 3. The van der Waals surface area contributed by atoms with Gasteiger partial charge >= 0.3 is 0 Å². The summed E-state index contributed by atoms with van der Waals surface area (Å²) in [6.45, 7) is 5.78. The van der Waals surface area contributed by atoms with Crippen LogP contribution < -0.4 is 10.9 Å². The van der Waals surface area contributed by atoms with E-state index in [4.69, 9.17) is 0 Å². The minimum absolute atomic E-state index is 0.103. The molecule has 0 aliphatic carbocycles. The highest BCUT2D eigenvalue weighted by Crippen LogP contribution is 2.25. The fourth-order valence-electron chi connectivity index (χ4n) is 2.01. The highest BCUT2D eigenvalue weighted by atomic mass is 32.1. The zero-order chi connectivity index (χ0) is 13.1. The summed E-state index contributed by atoms with van der Waals surface area (Å²) in [5, 5.41) is 3.91. The molecule has 4 nitrogen and oxygen atoms in total. The maximum atomic E-state index is 12.3. The van der Waals surface area contributed by atoms with Crippen molar-refractivity contribution in [2.75, 3.05) is 13.6 Å². The minimum Gasteiger partial charge on any atom is -0.320 e. The zero-order valence-corrected chi connectivity index (χ0v) is 11.9. The van der Waals surface area contributed by atoms with Gasteiger partial charge in [0.2, 0.25) is 0 Å². The summed E-state index contributed by atoms with van der Waals surface area (Å²) in [6, 6.07) is 0. The van der Waals surface area contributed by atoms with E-state index in [2.05, 4.69) is 10.3 Å². The molecule has 0 radical (unpaired) electrons. The third-order valence-corrected chi connectivity index (χ3v) is 4.35. The van der Waals surface area contributed by atoms with Gasteiger partial charge in [-0.2, -0.15) is 0 Å². The van der Waals surface area contributed by atoms with Gasteiger partial charge in [0, 0.05) is 11.4 Å². The second-order valence-electron chi connectivity index (χ2n) is 4.52. The molecule has 2 heterocycles. The maximum absolute atomic E-state index is 12.3. The number of hydrogen-bond donors (Lipinski definition) is 1. The van der Waals surface area contributed by atoms with Crippen LogP contribution in [-0.2, 0) is 6.54 Å². The number of aromatic nitrogens is 2. The molecule has 2 rings (SSSR count). The Kier molecular flexibility index (Phi) is 4.14. The van der Waals surface area contributed by atoms with Crippen molar-refractivity contribution in [2.24, 2.45) is 0 Å². The highest BCUT2D eigenvalue weighted by Gasteiger charge is 2.11. The molecule has 1 N–H and O–H groups in total. The SMILES string of the molecule is CNCCCCn1cnc2sc(C)c(C)c2c1=O. The van der Waals surface area contributed by atoms with Crippen LogP contribution in [0.1, 0.15) is 23.3 Å². The van der Waals surface area contributed by atoms with E-state index in [1.807, 2.05) is 20.9 Å². The molecular formula is C13H19N3OS.